The lowest BCUT2D eigenvalue weighted by molar-refractivity contribution is 0.145. The Balaban J connectivity index is 2.25. The van der Waals surface area contributed by atoms with Crippen molar-refractivity contribution < 1.29 is 4.84 Å². The molecule has 0 fully saturated rings. The quantitative estimate of drug-likeness (QED) is 0.485. The van der Waals surface area contributed by atoms with Crippen LogP contribution in [0.1, 0.15) is 25.8 Å². The van der Waals surface area contributed by atoms with E-state index in [4.69, 9.17) is 4.84 Å². The maximum atomic E-state index is 11.5. The molecule has 0 saturated heterocycles. The Labute approximate surface area is 114 Å². The van der Waals surface area contributed by atoms with E-state index in [9.17, 15) is 9.59 Å². The number of oxime groups is 1. The van der Waals surface area contributed by atoms with Gasteiger partial charge in [0.1, 0.15) is 6.61 Å². The highest BCUT2D eigenvalue weighted by Gasteiger charge is 2.06. The number of benzene rings is 1. The molecule has 0 bridgehead atoms. The minimum absolute atomic E-state index is 0.489. The van der Waals surface area contributed by atoms with Crippen LogP contribution in [0, 0.1) is 0 Å². The molecule has 0 aliphatic heterocycles. The van der Waals surface area contributed by atoms with E-state index in [0.717, 1.165) is 22.3 Å². The first-order valence-corrected chi connectivity index (χ1v) is 6.30. The summed E-state index contributed by atoms with van der Waals surface area (Å²) in [5.74, 6) is 0. The molecule has 2 N–H and O–H groups in total. The van der Waals surface area contributed by atoms with Crippen molar-refractivity contribution in [2.75, 3.05) is 6.61 Å². The lowest BCUT2D eigenvalue weighted by atomic mass is 10.1. The lowest BCUT2D eigenvalue weighted by Gasteiger charge is -2.03. The Bertz CT molecular complexity index is 679. The van der Waals surface area contributed by atoms with Crippen molar-refractivity contribution in [3.05, 3.63) is 50.8 Å². The first-order valence-electron chi connectivity index (χ1n) is 6.30. The third-order valence-electron chi connectivity index (χ3n) is 2.72. The molecule has 7 heteroatoms. The van der Waals surface area contributed by atoms with Crippen LogP contribution in [0.15, 0.2) is 39.0 Å². The number of nitrogens with zero attached hydrogens (tertiary/aromatic N) is 2. The van der Waals surface area contributed by atoms with Crippen LogP contribution in [-0.2, 0) is 4.84 Å². The van der Waals surface area contributed by atoms with Gasteiger partial charge in [-0.25, -0.2) is 24.4 Å². The van der Waals surface area contributed by atoms with Crippen LogP contribution in [0.4, 0.5) is 0 Å². The molecule has 0 saturated carbocycles. The molecule has 1 aromatic heterocycles. The van der Waals surface area contributed by atoms with Crippen molar-refractivity contribution in [1.29, 1.82) is 0 Å². The molecule has 20 heavy (non-hydrogen) atoms. The van der Waals surface area contributed by atoms with Gasteiger partial charge in [0, 0.05) is 0 Å². The van der Waals surface area contributed by atoms with Gasteiger partial charge in [0.25, 0.3) is 0 Å². The second kappa shape index (κ2) is 6.05. The lowest BCUT2D eigenvalue weighted by Crippen LogP contribution is -2.24. The fourth-order valence-electron chi connectivity index (χ4n) is 1.68. The number of hydrogen-bond donors (Lipinski definition) is 2. The van der Waals surface area contributed by atoms with E-state index in [-0.39, 0.29) is 0 Å². The molecule has 0 radical (unpaired) electrons. The Morgan fingerprint density at radius 2 is 1.80 bits per heavy atom. The van der Waals surface area contributed by atoms with Gasteiger partial charge in [-0.15, -0.1) is 0 Å². The highest BCUT2D eigenvalue weighted by Crippen LogP contribution is 2.07. The van der Waals surface area contributed by atoms with Crippen LogP contribution in [0.25, 0.3) is 5.69 Å². The van der Waals surface area contributed by atoms with Gasteiger partial charge in [-0.3, -0.25) is 0 Å². The van der Waals surface area contributed by atoms with E-state index in [1.807, 2.05) is 13.8 Å². The van der Waals surface area contributed by atoms with Crippen molar-refractivity contribution in [3.63, 3.8) is 0 Å². The second-order valence-electron chi connectivity index (χ2n) is 4.25. The van der Waals surface area contributed by atoms with Gasteiger partial charge in [-0.1, -0.05) is 24.2 Å². The monoisotopic (exact) mass is 276 g/mol. The zero-order valence-electron chi connectivity index (χ0n) is 11.3. The van der Waals surface area contributed by atoms with Crippen LogP contribution in [0.2, 0.25) is 0 Å². The Morgan fingerprint density at radius 3 is 2.35 bits per heavy atom. The number of H-pyrrole nitrogens is 2. The third kappa shape index (κ3) is 2.87. The normalized spacial score (nSPS) is 11.6. The minimum Gasteiger partial charge on any atom is -0.396 e. The molecule has 106 valence electrons. The molecule has 1 heterocycles. The third-order valence-corrected chi connectivity index (χ3v) is 2.72. The molecule has 0 spiro atoms. The molecule has 2 rings (SSSR count). The maximum absolute atomic E-state index is 11.5. The minimum atomic E-state index is -0.501. The van der Waals surface area contributed by atoms with Crippen molar-refractivity contribution >= 4 is 5.71 Å². The van der Waals surface area contributed by atoms with E-state index < -0.39 is 11.4 Å². The standard InChI is InChI=1S/C13H16N4O3/c1-3-8-20-16-9(2)10-4-6-11(7-5-10)17-12(18)14-15-13(17)19/h4-7H,3,8H2,1-2H3,(H,14,18)(H,15,19)/b16-9+. The van der Waals surface area contributed by atoms with Gasteiger partial charge < -0.3 is 4.84 Å². The fourth-order valence-corrected chi connectivity index (χ4v) is 1.68. The van der Waals surface area contributed by atoms with Gasteiger partial charge >= 0.3 is 11.4 Å². The van der Waals surface area contributed by atoms with Crippen LogP contribution < -0.4 is 11.4 Å². The largest absolute Gasteiger partial charge is 0.396 e. The molecule has 0 unspecified atom stereocenters. The Kier molecular flexibility index (Phi) is 4.19. The summed E-state index contributed by atoms with van der Waals surface area (Å²) >= 11 is 0. The molecule has 7 nitrogen and oxygen atoms in total. The van der Waals surface area contributed by atoms with Crippen LogP contribution in [0.5, 0.6) is 0 Å². The first-order chi connectivity index (χ1) is 9.63. The first kappa shape index (κ1) is 13.9. The number of aromatic nitrogens is 3. The zero-order valence-corrected chi connectivity index (χ0v) is 11.3. The summed E-state index contributed by atoms with van der Waals surface area (Å²) in [5, 5.41) is 8.45. The maximum Gasteiger partial charge on any atom is 0.348 e. The molecular formula is C13H16N4O3. The average Bonchev–Trinajstić information content (AvgIpc) is 2.78. The molecule has 0 aliphatic rings. The Hall–Kier alpha value is -2.57. The van der Waals surface area contributed by atoms with E-state index in [1.165, 1.54) is 0 Å². The number of aromatic amines is 2. The van der Waals surface area contributed by atoms with Gasteiger partial charge in [0.2, 0.25) is 0 Å². The SMILES string of the molecule is CCCO/N=C(\C)c1ccc(-n2c(=O)[nH][nH]c2=O)cc1. The van der Waals surface area contributed by atoms with E-state index in [2.05, 4.69) is 15.4 Å². The Morgan fingerprint density at radius 1 is 1.20 bits per heavy atom. The topological polar surface area (TPSA) is 92.2 Å². The summed E-state index contributed by atoms with van der Waals surface area (Å²) in [6.07, 6.45) is 0.898. The number of rotatable bonds is 5. The van der Waals surface area contributed by atoms with E-state index in [1.54, 1.807) is 24.3 Å². The highest BCUT2D eigenvalue weighted by atomic mass is 16.6. The van der Waals surface area contributed by atoms with Crippen LogP contribution in [-0.4, -0.2) is 27.1 Å². The summed E-state index contributed by atoms with van der Waals surface area (Å²) in [5.41, 5.74) is 1.09. The van der Waals surface area contributed by atoms with Crippen molar-refractivity contribution in [3.8, 4) is 5.69 Å². The van der Waals surface area contributed by atoms with Gasteiger partial charge in [0.05, 0.1) is 11.4 Å². The van der Waals surface area contributed by atoms with E-state index >= 15 is 0 Å². The summed E-state index contributed by atoms with van der Waals surface area (Å²) in [6.45, 7) is 4.41. The smallest absolute Gasteiger partial charge is 0.348 e. The molecule has 0 amide bonds. The average molecular weight is 276 g/mol. The molecule has 2 aromatic rings. The van der Waals surface area contributed by atoms with Gasteiger partial charge in [-0.05, 0) is 31.0 Å². The summed E-state index contributed by atoms with van der Waals surface area (Å²) in [6, 6.07) is 6.92. The highest BCUT2D eigenvalue weighted by molar-refractivity contribution is 5.98. The van der Waals surface area contributed by atoms with E-state index in [0.29, 0.717) is 12.3 Å². The fraction of sp³-hybridized carbons (Fsp3) is 0.308. The molecule has 0 aliphatic carbocycles. The molecular weight excluding hydrogens is 260 g/mol. The van der Waals surface area contributed by atoms with Crippen LogP contribution in [0.3, 0.4) is 0 Å². The van der Waals surface area contributed by atoms with Gasteiger partial charge in [-0.2, -0.15) is 0 Å². The predicted octanol–water partition coefficient (Wildman–Crippen LogP) is 1.00. The zero-order chi connectivity index (χ0) is 14.5. The van der Waals surface area contributed by atoms with Gasteiger partial charge in [0.15, 0.2) is 0 Å². The van der Waals surface area contributed by atoms with Crippen molar-refractivity contribution in [2.45, 2.75) is 20.3 Å². The summed E-state index contributed by atoms with van der Waals surface area (Å²) < 4.78 is 1.02. The molecule has 0 atom stereocenters. The predicted molar refractivity (Wildman–Crippen MR) is 75.5 cm³/mol. The van der Waals surface area contributed by atoms with Crippen molar-refractivity contribution in [1.82, 2.24) is 14.8 Å². The summed E-state index contributed by atoms with van der Waals surface area (Å²) in [4.78, 5) is 28.0. The number of hydrogen-bond acceptors (Lipinski definition) is 4. The summed E-state index contributed by atoms with van der Waals surface area (Å²) in [7, 11) is 0. The van der Waals surface area contributed by atoms with Crippen molar-refractivity contribution in [2.24, 2.45) is 5.16 Å². The van der Waals surface area contributed by atoms with Crippen LogP contribution >= 0.6 is 0 Å². The number of nitrogens with one attached hydrogen (secondary N) is 2. The second-order valence-corrected chi connectivity index (χ2v) is 4.25. The molecule has 1 aromatic carbocycles.